The van der Waals surface area contributed by atoms with E-state index in [1.165, 1.54) is 0 Å². The first-order chi connectivity index (χ1) is 9.11. The SMILES string of the molecule is CNc1cc(-c2cccc(N(C)C(C)=O)c2)ccn1. The molecule has 1 aromatic heterocycles. The van der Waals surface area contributed by atoms with Crippen molar-refractivity contribution in [2.75, 3.05) is 24.3 Å². The van der Waals surface area contributed by atoms with Gasteiger partial charge in [0.15, 0.2) is 0 Å². The minimum atomic E-state index is 0.0165. The summed E-state index contributed by atoms with van der Waals surface area (Å²) in [7, 11) is 3.61. The van der Waals surface area contributed by atoms with Crippen LogP contribution in [0.3, 0.4) is 0 Å². The first-order valence-electron chi connectivity index (χ1n) is 6.10. The lowest BCUT2D eigenvalue weighted by Gasteiger charge is -2.16. The molecule has 1 heterocycles. The van der Waals surface area contributed by atoms with Crippen molar-refractivity contribution in [1.82, 2.24) is 4.98 Å². The molecule has 4 heteroatoms. The van der Waals surface area contributed by atoms with E-state index in [2.05, 4.69) is 10.3 Å². The van der Waals surface area contributed by atoms with Gasteiger partial charge in [-0.25, -0.2) is 4.98 Å². The van der Waals surface area contributed by atoms with Crippen LogP contribution in [0.5, 0.6) is 0 Å². The largest absolute Gasteiger partial charge is 0.373 e. The fraction of sp³-hybridized carbons (Fsp3) is 0.200. The van der Waals surface area contributed by atoms with E-state index in [0.29, 0.717) is 0 Å². The Morgan fingerprint density at radius 1 is 1.21 bits per heavy atom. The Kier molecular flexibility index (Phi) is 3.80. The first kappa shape index (κ1) is 13.1. The van der Waals surface area contributed by atoms with E-state index >= 15 is 0 Å². The van der Waals surface area contributed by atoms with Crippen LogP contribution in [0.2, 0.25) is 0 Å². The lowest BCUT2D eigenvalue weighted by molar-refractivity contribution is -0.116. The topological polar surface area (TPSA) is 45.2 Å². The van der Waals surface area contributed by atoms with Gasteiger partial charge in [-0.1, -0.05) is 12.1 Å². The van der Waals surface area contributed by atoms with Crippen molar-refractivity contribution in [2.45, 2.75) is 6.92 Å². The molecular weight excluding hydrogens is 238 g/mol. The van der Waals surface area contributed by atoms with Gasteiger partial charge in [-0.3, -0.25) is 4.79 Å². The van der Waals surface area contributed by atoms with Gasteiger partial charge in [0, 0.05) is 32.9 Å². The molecule has 4 nitrogen and oxygen atoms in total. The Morgan fingerprint density at radius 2 is 1.95 bits per heavy atom. The summed E-state index contributed by atoms with van der Waals surface area (Å²) in [5, 5.41) is 3.02. The van der Waals surface area contributed by atoms with Crippen LogP contribution >= 0.6 is 0 Å². The number of aromatic nitrogens is 1. The van der Waals surface area contributed by atoms with Crippen molar-refractivity contribution < 1.29 is 4.79 Å². The Labute approximate surface area is 113 Å². The van der Waals surface area contributed by atoms with Crippen LogP contribution in [0, 0.1) is 0 Å². The number of carbonyl (C=O) groups is 1. The number of benzene rings is 1. The molecule has 0 atom stereocenters. The average Bonchev–Trinajstić information content (AvgIpc) is 2.46. The van der Waals surface area contributed by atoms with Crippen molar-refractivity contribution in [2.24, 2.45) is 0 Å². The average molecular weight is 255 g/mol. The Bertz CT molecular complexity index is 595. The van der Waals surface area contributed by atoms with E-state index in [1.807, 2.05) is 43.4 Å². The molecule has 0 unspecified atom stereocenters. The van der Waals surface area contributed by atoms with Gasteiger partial charge in [0.2, 0.25) is 5.91 Å². The maximum atomic E-state index is 11.4. The molecule has 0 fully saturated rings. The lowest BCUT2D eigenvalue weighted by atomic mass is 10.1. The zero-order valence-corrected chi connectivity index (χ0v) is 11.3. The standard InChI is InChI=1S/C15H17N3O/c1-11(19)18(3)14-6-4-5-12(9-14)13-7-8-17-15(10-13)16-2/h4-10H,1-3H3,(H,16,17). The molecule has 0 saturated carbocycles. The molecular formula is C15H17N3O. The number of nitrogens with zero attached hydrogens (tertiary/aromatic N) is 2. The van der Waals surface area contributed by atoms with Crippen molar-refractivity contribution in [3.8, 4) is 11.1 Å². The van der Waals surface area contributed by atoms with Crippen LogP contribution in [0.15, 0.2) is 42.6 Å². The number of nitrogens with one attached hydrogen (secondary N) is 1. The van der Waals surface area contributed by atoms with Gasteiger partial charge >= 0.3 is 0 Å². The second-order valence-corrected chi connectivity index (χ2v) is 4.31. The van der Waals surface area contributed by atoms with Crippen LogP contribution in [0.25, 0.3) is 11.1 Å². The molecule has 2 rings (SSSR count). The highest BCUT2D eigenvalue weighted by molar-refractivity contribution is 5.91. The van der Waals surface area contributed by atoms with E-state index in [0.717, 1.165) is 22.6 Å². The summed E-state index contributed by atoms with van der Waals surface area (Å²) < 4.78 is 0. The van der Waals surface area contributed by atoms with E-state index in [4.69, 9.17) is 0 Å². The molecule has 0 aliphatic heterocycles. The summed E-state index contributed by atoms with van der Waals surface area (Å²) >= 11 is 0. The predicted octanol–water partition coefficient (Wildman–Crippen LogP) is 2.77. The minimum absolute atomic E-state index is 0.0165. The summed E-state index contributed by atoms with van der Waals surface area (Å²) in [6.07, 6.45) is 1.77. The van der Waals surface area contributed by atoms with Crippen LogP contribution in [0.1, 0.15) is 6.92 Å². The number of rotatable bonds is 3. The highest BCUT2D eigenvalue weighted by Crippen LogP contribution is 2.25. The van der Waals surface area contributed by atoms with Gasteiger partial charge in [0.05, 0.1) is 0 Å². The normalized spacial score (nSPS) is 10.1. The second-order valence-electron chi connectivity index (χ2n) is 4.31. The van der Waals surface area contributed by atoms with Crippen molar-refractivity contribution in [3.05, 3.63) is 42.6 Å². The molecule has 98 valence electrons. The van der Waals surface area contributed by atoms with Crippen molar-refractivity contribution >= 4 is 17.4 Å². The Balaban J connectivity index is 2.40. The molecule has 0 aliphatic carbocycles. The number of carbonyl (C=O) groups excluding carboxylic acids is 1. The molecule has 0 bridgehead atoms. The second kappa shape index (κ2) is 5.52. The maximum absolute atomic E-state index is 11.4. The minimum Gasteiger partial charge on any atom is -0.373 e. The Hall–Kier alpha value is -2.36. The van der Waals surface area contributed by atoms with Crippen LogP contribution in [0.4, 0.5) is 11.5 Å². The summed E-state index contributed by atoms with van der Waals surface area (Å²) in [6, 6.07) is 11.8. The molecule has 1 N–H and O–H groups in total. The number of hydrogen-bond donors (Lipinski definition) is 1. The predicted molar refractivity (Wildman–Crippen MR) is 78.3 cm³/mol. The fourth-order valence-electron chi connectivity index (χ4n) is 1.82. The quantitative estimate of drug-likeness (QED) is 0.917. The molecule has 0 saturated heterocycles. The monoisotopic (exact) mass is 255 g/mol. The van der Waals surface area contributed by atoms with E-state index in [9.17, 15) is 4.79 Å². The maximum Gasteiger partial charge on any atom is 0.223 e. The smallest absolute Gasteiger partial charge is 0.223 e. The summed E-state index contributed by atoms with van der Waals surface area (Å²) in [6.45, 7) is 1.55. The number of anilines is 2. The fourth-order valence-corrected chi connectivity index (χ4v) is 1.82. The third-order valence-corrected chi connectivity index (χ3v) is 3.06. The summed E-state index contributed by atoms with van der Waals surface area (Å²) in [5.41, 5.74) is 3.01. The molecule has 0 radical (unpaired) electrons. The van der Waals surface area contributed by atoms with Gasteiger partial charge in [0.25, 0.3) is 0 Å². The number of hydrogen-bond acceptors (Lipinski definition) is 3. The first-order valence-corrected chi connectivity index (χ1v) is 6.10. The van der Waals surface area contributed by atoms with E-state index in [1.54, 1.807) is 25.1 Å². The molecule has 1 aromatic carbocycles. The third kappa shape index (κ3) is 2.91. The zero-order valence-electron chi connectivity index (χ0n) is 11.3. The van der Waals surface area contributed by atoms with Gasteiger partial charge in [0.1, 0.15) is 5.82 Å². The highest BCUT2D eigenvalue weighted by Gasteiger charge is 2.07. The van der Waals surface area contributed by atoms with Crippen LogP contribution < -0.4 is 10.2 Å². The molecule has 0 aliphatic rings. The molecule has 19 heavy (non-hydrogen) atoms. The van der Waals surface area contributed by atoms with Crippen LogP contribution in [-0.2, 0) is 4.79 Å². The summed E-state index contributed by atoms with van der Waals surface area (Å²) in [5.74, 6) is 0.839. The lowest BCUT2D eigenvalue weighted by Crippen LogP contribution is -2.22. The highest BCUT2D eigenvalue weighted by atomic mass is 16.2. The van der Waals surface area contributed by atoms with Crippen molar-refractivity contribution in [3.63, 3.8) is 0 Å². The zero-order chi connectivity index (χ0) is 13.8. The molecule has 2 aromatic rings. The van der Waals surface area contributed by atoms with Gasteiger partial charge < -0.3 is 10.2 Å². The van der Waals surface area contributed by atoms with Gasteiger partial charge in [-0.15, -0.1) is 0 Å². The van der Waals surface area contributed by atoms with E-state index in [-0.39, 0.29) is 5.91 Å². The molecule has 0 spiro atoms. The van der Waals surface area contributed by atoms with Gasteiger partial charge in [-0.05, 0) is 35.4 Å². The van der Waals surface area contributed by atoms with Crippen molar-refractivity contribution in [1.29, 1.82) is 0 Å². The van der Waals surface area contributed by atoms with Crippen LogP contribution in [-0.4, -0.2) is 25.0 Å². The molecule has 1 amide bonds. The number of amides is 1. The van der Waals surface area contributed by atoms with Gasteiger partial charge in [-0.2, -0.15) is 0 Å². The Morgan fingerprint density at radius 3 is 2.63 bits per heavy atom. The third-order valence-electron chi connectivity index (χ3n) is 3.06. The summed E-state index contributed by atoms with van der Waals surface area (Å²) in [4.78, 5) is 17.2. The number of pyridine rings is 1. The van der Waals surface area contributed by atoms with E-state index < -0.39 is 0 Å².